The first-order chi connectivity index (χ1) is 8.82. The third kappa shape index (κ3) is 3.92. The Morgan fingerprint density at radius 1 is 1.42 bits per heavy atom. The Kier molecular flexibility index (Phi) is 5.34. The normalized spacial score (nSPS) is 22.8. The molecule has 1 saturated heterocycles. The fourth-order valence-electron chi connectivity index (χ4n) is 2.36. The maximum absolute atomic E-state index is 12.1. The van der Waals surface area contributed by atoms with Gasteiger partial charge in [0.05, 0.1) is 18.6 Å². The van der Waals surface area contributed by atoms with Gasteiger partial charge in [-0.25, -0.2) is 13.2 Å². The van der Waals surface area contributed by atoms with Crippen molar-refractivity contribution in [3.63, 3.8) is 0 Å². The van der Waals surface area contributed by atoms with Crippen LogP contribution in [-0.4, -0.2) is 55.9 Å². The number of carbonyl (C=O) groups is 2. The lowest BCUT2D eigenvalue weighted by molar-refractivity contribution is -0.153. The second-order valence-corrected chi connectivity index (χ2v) is 7.04. The zero-order valence-corrected chi connectivity index (χ0v) is 12.4. The summed E-state index contributed by atoms with van der Waals surface area (Å²) in [5.41, 5.74) is 0. The van der Waals surface area contributed by atoms with E-state index in [0.29, 0.717) is 19.3 Å². The Morgan fingerprint density at radius 3 is 2.47 bits per heavy atom. The lowest BCUT2D eigenvalue weighted by Crippen LogP contribution is -2.50. The van der Waals surface area contributed by atoms with E-state index in [2.05, 4.69) is 4.74 Å². The molecular formula is C12H21NO5S. The Hall–Kier alpha value is -1.11. The maximum Gasteiger partial charge on any atom is 0.328 e. The van der Waals surface area contributed by atoms with Crippen LogP contribution < -0.4 is 0 Å². The number of ether oxygens (including phenoxy) is 1. The summed E-state index contributed by atoms with van der Waals surface area (Å²) in [7, 11) is -1.84. The molecule has 2 unspecified atom stereocenters. The molecule has 6 nitrogen and oxygen atoms in total. The number of nitrogens with zero attached hydrogens (tertiary/aromatic N) is 1. The van der Waals surface area contributed by atoms with Crippen LogP contribution in [0.15, 0.2) is 0 Å². The van der Waals surface area contributed by atoms with Crippen molar-refractivity contribution in [1.29, 1.82) is 0 Å². The fourth-order valence-corrected chi connectivity index (χ4v) is 4.07. The van der Waals surface area contributed by atoms with Gasteiger partial charge in [0.15, 0.2) is 9.84 Å². The van der Waals surface area contributed by atoms with Crippen molar-refractivity contribution in [2.45, 2.75) is 45.2 Å². The number of rotatable bonds is 5. The van der Waals surface area contributed by atoms with Crippen LogP contribution >= 0.6 is 0 Å². The van der Waals surface area contributed by atoms with Crippen molar-refractivity contribution in [3.05, 3.63) is 0 Å². The van der Waals surface area contributed by atoms with E-state index in [4.69, 9.17) is 0 Å². The first-order valence-corrected chi connectivity index (χ1v) is 8.24. The van der Waals surface area contributed by atoms with Gasteiger partial charge in [-0.05, 0) is 19.8 Å². The van der Waals surface area contributed by atoms with Crippen LogP contribution in [0, 0.1) is 0 Å². The van der Waals surface area contributed by atoms with Gasteiger partial charge in [-0.3, -0.25) is 4.79 Å². The number of hydrogen-bond donors (Lipinski definition) is 0. The molecule has 0 bridgehead atoms. The zero-order chi connectivity index (χ0) is 14.6. The van der Waals surface area contributed by atoms with Crippen molar-refractivity contribution >= 4 is 21.7 Å². The second kappa shape index (κ2) is 6.36. The largest absolute Gasteiger partial charge is 0.467 e. The van der Waals surface area contributed by atoms with Crippen LogP contribution in [0.4, 0.5) is 0 Å². The van der Waals surface area contributed by atoms with Crippen molar-refractivity contribution in [3.8, 4) is 0 Å². The molecule has 0 aromatic carbocycles. The predicted molar refractivity (Wildman–Crippen MR) is 70.3 cm³/mol. The van der Waals surface area contributed by atoms with Gasteiger partial charge in [-0.2, -0.15) is 0 Å². The van der Waals surface area contributed by atoms with E-state index in [1.165, 1.54) is 12.0 Å². The lowest BCUT2D eigenvalue weighted by atomic mass is 10.1. The average Bonchev–Trinajstić information content (AvgIpc) is 2.69. The second-order valence-electron chi connectivity index (χ2n) is 4.81. The minimum atomic E-state index is -3.10. The SMILES string of the molecule is CCCC(=O)N(C1CCS(=O)(=O)C1)C(C)C(=O)OC. The summed E-state index contributed by atoms with van der Waals surface area (Å²) in [5.74, 6) is -0.707. The standard InChI is InChI=1S/C12H21NO5S/c1-4-5-11(14)13(9(2)12(15)18-3)10-6-7-19(16,17)8-10/h9-10H,4-8H2,1-3H3. The molecule has 0 aromatic heterocycles. The molecule has 1 heterocycles. The average molecular weight is 291 g/mol. The molecule has 0 radical (unpaired) electrons. The molecule has 2 atom stereocenters. The van der Waals surface area contributed by atoms with E-state index in [9.17, 15) is 18.0 Å². The smallest absolute Gasteiger partial charge is 0.328 e. The number of methoxy groups -OCH3 is 1. The van der Waals surface area contributed by atoms with E-state index in [1.807, 2.05) is 6.92 Å². The molecule has 0 aliphatic carbocycles. The van der Waals surface area contributed by atoms with Crippen LogP contribution in [0.2, 0.25) is 0 Å². The van der Waals surface area contributed by atoms with Crippen molar-refractivity contribution in [2.24, 2.45) is 0 Å². The molecule has 19 heavy (non-hydrogen) atoms. The van der Waals surface area contributed by atoms with Gasteiger partial charge in [0.25, 0.3) is 0 Å². The van der Waals surface area contributed by atoms with E-state index in [0.717, 1.165) is 0 Å². The van der Waals surface area contributed by atoms with Crippen LogP contribution in [0.1, 0.15) is 33.1 Å². The number of carbonyl (C=O) groups excluding carboxylic acids is 2. The van der Waals surface area contributed by atoms with E-state index >= 15 is 0 Å². The molecule has 0 aromatic rings. The number of hydrogen-bond acceptors (Lipinski definition) is 5. The highest BCUT2D eigenvalue weighted by molar-refractivity contribution is 7.91. The monoisotopic (exact) mass is 291 g/mol. The topological polar surface area (TPSA) is 80.8 Å². The van der Waals surface area contributed by atoms with E-state index in [1.54, 1.807) is 6.92 Å². The van der Waals surface area contributed by atoms with Crippen molar-refractivity contribution in [2.75, 3.05) is 18.6 Å². The molecule has 1 amide bonds. The third-order valence-corrected chi connectivity index (χ3v) is 5.06. The van der Waals surface area contributed by atoms with Gasteiger partial charge in [0.1, 0.15) is 6.04 Å². The van der Waals surface area contributed by atoms with Crippen LogP contribution in [0.3, 0.4) is 0 Å². The Balaban J connectivity index is 2.93. The van der Waals surface area contributed by atoms with Crippen molar-refractivity contribution < 1.29 is 22.7 Å². The molecule has 0 N–H and O–H groups in total. The highest BCUT2D eigenvalue weighted by Crippen LogP contribution is 2.21. The Labute approximate surface area is 114 Å². The minimum Gasteiger partial charge on any atom is -0.467 e. The highest BCUT2D eigenvalue weighted by Gasteiger charge is 2.38. The molecule has 1 aliphatic heterocycles. The summed E-state index contributed by atoms with van der Waals surface area (Å²) in [4.78, 5) is 25.1. The first-order valence-electron chi connectivity index (χ1n) is 6.41. The summed E-state index contributed by atoms with van der Waals surface area (Å²) >= 11 is 0. The summed E-state index contributed by atoms with van der Waals surface area (Å²) in [5, 5.41) is 0. The van der Waals surface area contributed by atoms with Crippen LogP contribution in [0.5, 0.6) is 0 Å². The summed E-state index contributed by atoms with van der Waals surface area (Å²) in [6.45, 7) is 3.44. The van der Waals surface area contributed by atoms with Gasteiger partial charge in [-0.1, -0.05) is 6.92 Å². The van der Waals surface area contributed by atoms with Gasteiger partial charge in [0, 0.05) is 12.5 Å². The van der Waals surface area contributed by atoms with Crippen molar-refractivity contribution in [1.82, 2.24) is 4.90 Å². The summed E-state index contributed by atoms with van der Waals surface area (Å²) < 4.78 is 27.7. The molecule has 1 rings (SSSR count). The predicted octanol–water partition coefficient (Wildman–Crippen LogP) is 0.364. The Bertz CT molecular complexity index is 445. The number of amides is 1. The van der Waals surface area contributed by atoms with Gasteiger partial charge in [-0.15, -0.1) is 0 Å². The van der Waals surface area contributed by atoms with Crippen LogP contribution in [0.25, 0.3) is 0 Å². The molecule has 7 heteroatoms. The van der Waals surface area contributed by atoms with E-state index in [-0.39, 0.29) is 17.4 Å². The Morgan fingerprint density at radius 2 is 2.05 bits per heavy atom. The van der Waals surface area contributed by atoms with Gasteiger partial charge in [0.2, 0.25) is 5.91 Å². The third-order valence-electron chi connectivity index (χ3n) is 3.31. The minimum absolute atomic E-state index is 0.0657. The molecule has 1 aliphatic rings. The zero-order valence-electron chi connectivity index (χ0n) is 11.6. The quantitative estimate of drug-likeness (QED) is 0.683. The molecule has 0 spiro atoms. The number of esters is 1. The van der Waals surface area contributed by atoms with E-state index < -0.39 is 27.9 Å². The van der Waals surface area contributed by atoms with Crippen LogP contribution in [-0.2, 0) is 24.2 Å². The maximum atomic E-state index is 12.1. The molecular weight excluding hydrogens is 270 g/mol. The first kappa shape index (κ1) is 15.9. The summed E-state index contributed by atoms with van der Waals surface area (Å²) in [6, 6.07) is -1.17. The molecule has 0 saturated carbocycles. The molecule has 110 valence electrons. The fraction of sp³-hybridized carbons (Fsp3) is 0.833. The molecule has 1 fully saturated rings. The summed E-state index contributed by atoms with van der Waals surface area (Å²) in [6.07, 6.45) is 1.35. The van der Waals surface area contributed by atoms with Gasteiger partial charge >= 0.3 is 5.97 Å². The number of sulfone groups is 1. The van der Waals surface area contributed by atoms with Gasteiger partial charge < -0.3 is 9.64 Å². The highest BCUT2D eigenvalue weighted by atomic mass is 32.2. The lowest BCUT2D eigenvalue weighted by Gasteiger charge is -2.32.